The van der Waals surface area contributed by atoms with Crippen LogP contribution in [0.3, 0.4) is 0 Å². The zero-order valence-corrected chi connectivity index (χ0v) is 19.8. The Morgan fingerprint density at radius 1 is 1.18 bits per heavy atom. The van der Waals surface area contributed by atoms with Gasteiger partial charge in [-0.25, -0.2) is 13.4 Å². The Bertz CT molecular complexity index is 1340. The predicted octanol–water partition coefficient (Wildman–Crippen LogP) is 3.22. The van der Waals surface area contributed by atoms with Crippen molar-refractivity contribution < 1.29 is 18.3 Å². The minimum atomic E-state index is -3.79. The number of fused-ring (bicyclic) bond motifs is 1. The number of hydrogen-bond acceptors (Lipinski definition) is 5. The van der Waals surface area contributed by atoms with Gasteiger partial charge in [0.25, 0.3) is 10.0 Å². The molecule has 0 atom stereocenters. The molecule has 3 aromatic rings. The summed E-state index contributed by atoms with van der Waals surface area (Å²) in [5, 5.41) is 8.86. The van der Waals surface area contributed by atoms with Gasteiger partial charge >= 0.3 is 0 Å². The van der Waals surface area contributed by atoms with Gasteiger partial charge in [-0.05, 0) is 46.7 Å². The first-order chi connectivity index (χ1) is 16.4. The summed E-state index contributed by atoms with van der Waals surface area (Å²) in [5.41, 5.74) is 5.22. The number of rotatable bonds is 10. The fraction of sp³-hybridized carbons (Fsp3) is 0.231. The van der Waals surface area contributed by atoms with Gasteiger partial charge < -0.3 is 9.67 Å². The number of aliphatic hydroxyl groups excluding tert-OH is 1. The van der Waals surface area contributed by atoms with Gasteiger partial charge in [-0.15, -0.1) is 0 Å². The lowest BCUT2D eigenvalue weighted by molar-refractivity contribution is -0.117. The number of aliphatic hydroxyl groups is 1. The highest BCUT2D eigenvalue weighted by atomic mass is 32.2. The lowest BCUT2D eigenvalue weighted by Crippen LogP contribution is -2.32. The van der Waals surface area contributed by atoms with Crippen molar-refractivity contribution in [2.24, 2.45) is 7.05 Å². The molecule has 2 aromatic carbocycles. The van der Waals surface area contributed by atoms with Crippen LogP contribution in [0, 0.1) is 0 Å². The molecule has 1 aliphatic rings. The first-order valence-corrected chi connectivity index (χ1v) is 12.5. The third-order valence-corrected chi connectivity index (χ3v) is 7.53. The van der Waals surface area contributed by atoms with E-state index in [1.807, 2.05) is 36.4 Å². The van der Waals surface area contributed by atoms with Gasteiger partial charge in [-0.2, -0.15) is 4.31 Å². The van der Waals surface area contributed by atoms with E-state index in [4.69, 9.17) is 5.11 Å². The maximum Gasteiger partial charge on any atom is 0.262 e. The van der Waals surface area contributed by atoms with Gasteiger partial charge in [-0.3, -0.25) is 4.79 Å². The van der Waals surface area contributed by atoms with Crippen molar-refractivity contribution >= 4 is 27.5 Å². The van der Waals surface area contributed by atoms with E-state index < -0.39 is 16.6 Å². The van der Waals surface area contributed by atoms with Crippen LogP contribution in [0.25, 0.3) is 11.6 Å². The average molecular weight is 478 g/mol. The van der Waals surface area contributed by atoms with Crippen LogP contribution in [0.2, 0.25) is 0 Å². The number of imidazole rings is 1. The number of carbonyl (C=O) groups excluding carboxylic acids is 1. The van der Waals surface area contributed by atoms with E-state index in [1.54, 1.807) is 17.7 Å². The monoisotopic (exact) mass is 477 g/mol. The summed E-state index contributed by atoms with van der Waals surface area (Å²) >= 11 is 0. The highest BCUT2D eigenvalue weighted by molar-refractivity contribution is 7.89. The maximum absolute atomic E-state index is 13.4. The third kappa shape index (κ3) is 5.41. The Morgan fingerprint density at radius 3 is 2.65 bits per heavy atom. The van der Waals surface area contributed by atoms with E-state index >= 15 is 0 Å². The van der Waals surface area contributed by atoms with Crippen LogP contribution in [0.15, 0.2) is 78.2 Å². The van der Waals surface area contributed by atoms with Gasteiger partial charge in [0.15, 0.2) is 10.8 Å². The zero-order valence-electron chi connectivity index (χ0n) is 19.0. The number of ketones is 1. The summed E-state index contributed by atoms with van der Waals surface area (Å²) in [6, 6.07) is 15.5. The van der Waals surface area contributed by atoms with E-state index in [2.05, 4.69) is 23.2 Å². The molecule has 34 heavy (non-hydrogen) atoms. The summed E-state index contributed by atoms with van der Waals surface area (Å²) < 4.78 is 30.0. The van der Waals surface area contributed by atoms with Crippen LogP contribution < -0.4 is 0 Å². The first kappa shape index (κ1) is 23.8. The number of allylic oxidation sites excluding steroid dienone is 1. The van der Waals surface area contributed by atoms with E-state index in [1.165, 1.54) is 34.0 Å². The summed E-state index contributed by atoms with van der Waals surface area (Å²) in [6.07, 6.45) is 9.58. The minimum Gasteiger partial charge on any atom is -0.388 e. The fourth-order valence-corrected chi connectivity index (χ4v) is 5.35. The fourth-order valence-electron chi connectivity index (χ4n) is 3.95. The number of sulfonamides is 1. The van der Waals surface area contributed by atoms with Gasteiger partial charge in [0.05, 0.1) is 6.33 Å². The molecule has 0 radical (unpaired) electrons. The number of benzene rings is 2. The van der Waals surface area contributed by atoms with Crippen molar-refractivity contribution in [3.8, 4) is 0 Å². The molecule has 7 nitrogen and oxygen atoms in total. The zero-order chi connectivity index (χ0) is 24.1. The van der Waals surface area contributed by atoms with Crippen molar-refractivity contribution in [1.29, 1.82) is 0 Å². The van der Waals surface area contributed by atoms with Crippen molar-refractivity contribution in [2.45, 2.75) is 24.4 Å². The van der Waals surface area contributed by atoms with E-state index in [-0.39, 0.29) is 17.4 Å². The summed E-state index contributed by atoms with van der Waals surface area (Å²) in [7, 11) is -2.05. The Kier molecular flexibility index (Phi) is 7.21. The summed E-state index contributed by atoms with van der Waals surface area (Å²) in [4.78, 5) is 15.4. The number of aryl methyl sites for hydroxylation is 1. The van der Waals surface area contributed by atoms with E-state index in [0.29, 0.717) is 13.0 Å². The first-order valence-electron chi connectivity index (χ1n) is 11.0. The summed E-state index contributed by atoms with van der Waals surface area (Å²) in [6.45, 7) is -0.00500. The van der Waals surface area contributed by atoms with Gasteiger partial charge in [-0.1, -0.05) is 60.7 Å². The van der Waals surface area contributed by atoms with Gasteiger partial charge in [0, 0.05) is 26.3 Å². The standard InChI is InChI=1S/C26H27N3O4S/c1-28-17-26(27-19-28)34(32,33)29(15-14-23-12-11-22-4-2-3-5-25(22)23)16-21-8-6-20(7-9-21)10-13-24(31)18-30/h2-10,12-13,17,19,30H,11,14-16,18H2,1H3/b13-10+. The predicted molar refractivity (Wildman–Crippen MR) is 131 cm³/mol. The minimum absolute atomic E-state index is 0.0258. The second-order valence-electron chi connectivity index (χ2n) is 8.26. The normalized spacial score (nSPS) is 13.4. The molecule has 0 saturated carbocycles. The van der Waals surface area contributed by atoms with Crippen LogP contribution in [0.5, 0.6) is 0 Å². The lowest BCUT2D eigenvalue weighted by atomic mass is 10.0. The lowest BCUT2D eigenvalue weighted by Gasteiger charge is -2.22. The molecule has 0 aliphatic heterocycles. The van der Waals surface area contributed by atoms with Gasteiger partial charge in [0.2, 0.25) is 0 Å². The van der Waals surface area contributed by atoms with Crippen molar-refractivity contribution in [1.82, 2.24) is 13.9 Å². The van der Waals surface area contributed by atoms with Crippen LogP contribution in [-0.2, 0) is 34.8 Å². The molecule has 1 aromatic heterocycles. The van der Waals surface area contributed by atoms with E-state index in [9.17, 15) is 13.2 Å². The van der Waals surface area contributed by atoms with Crippen molar-refractivity contribution in [2.75, 3.05) is 13.2 Å². The number of aromatic nitrogens is 2. The Labute approximate surface area is 199 Å². The molecule has 0 amide bonds. The molecule has 0 fully saturated rings. The second kappa shape index (κ2) is 10.3. The molecule has 8 heteroatoms. The maximum atomic E-state index is 13.4. The highest BCUT2D eigenvalue weighted by Gasteiger charge is 2.27. The van der Waals surface area contributed by atoms with Crippen LogP contribution >= 0.6 is 0 Å². The van der Waals surface area contributed by atoms with E-state index in [0.717, 1.165) is 23.1 Å². The smallest absolute Gasteiger partial charge is 0.262 e. The Hall–Kier alpha value is -3.33. The topological polar surface area (TPSA) is 92.5 Å². The Balaban J connectivity index is 1.54. The highest BCUT2D eigenvalue weighted by Crippen LogP contribution is 2.30. The quantitative estimate of drug-likeness (QED) is 0.453. The molecule has 1 N–H and O–H groups in total. The summed E-state index contributed by atoms with van der Waals surface area (Å²) in [5.74, 6) is -0.375. The molecule has 4 rings (SSSR count). The van der Waals surface area contributed by atoms with Crippen LogP contribution in [0.1, 0.15) is 28.7 Å². The Morgan fingerprint density at radius 2 is 1.94 bits per heavy atom. The van der Waals surface area contributed by atoms with Crippen molar-refractivity contribution in [3.63, 3.8) is 0 Å². The molecular formula is C26H27N3O4S. The molecule has 176 valence electrons. The molecule has 0 spiro atoms. The molecule has 0 bridgehead atoms. The molecule has 0 saturated heterocycles. The number of carbonyl (C=O) groups is 1. The molecule has 1 aliphatic carbocycles. The van der Waals surface area contributed by atoms with Gasteiger partial charge in [0.1, 0.15) is 6.61 Å². The molecule has 0 unspecified atom stereocenters. The van der Waals surface area contributed by atoms with Crippen molar-refractivity contribution in [3.05, 3.63) is 95.5 Å². The average Bonchev–Trinajstić information content (AvgIpc) is 3.47. The largest absolute Gasteiger partial charge is 0.388 e. The second-order valence-corrected chi connectivity index (χ2v) is 10.1. The van der Waals surface area contributed by atoms with Crippen LogP contribution in [-0.4, -0.2) is 46.3 Å². The molecule has 1 heterocycles. The SMILES string of the molecule is Cn1cnc(S(=O)(=O)N(CCC2=CCc3ccccc32)Cc2ccc(/C=C/C(=O)CO)cc2)c1. The van der Waals surface area contributed by atoms with Crippen LogP contribution in [0.4, 0.5) is 0 Å². The third-order valence-electron chi connectivity index (χ3n) is 5.80. The number of hydrogen-bond donors (Lipinski definition) is 1. The molecular weight excluding hydrogens is 450 g/mol. The number of nitrogens with zero attached hydrogens (tertiary/aromatic N) is 3.